The maximum atomic E-state index is 12.2. The summed E-state index contributed by atoms with van der Waals surface area (Å²) in [6, 6.07) is 11.4. The summed E-state index contributed by atoms with van der Waals surface area (Å²) in [5.74, 6) is 0.859. The van der Waals surface area contributed by atoms with Crippen LogP contribution in [0.3, 0.4) is 0 Å². The zero-order chi connectivity index (χ0) is 19.2. The lowest BCUT2D eigenvalue weighted by Crippen LogP contribution is -2.24. The number of methoxy groups -OCH3 is 2. The lowest BCUT2D eigenvalue weighted by Gasteiger charge is -2.10. The van der Waals surface area contributed by atoms with Crippen LogP contribution in [-0.4, -0.2) is 35.1 Å². The minimum absolute atomic E-state index is 0.0861. The van der Waals surface area contributed by atoms with E-state index in [-0.39, 0.29) is 10.8 Å². The summed E-state index contributed by atoms with van der Waals surface area (Å²) in [4.78, 5) is 12.3. The number of carbonyl (C=O) groups excluding carboxylic acids is 1. The number of hydrogen-bond acceptors (Lipinski definition) is 5. The highest BCUT2D eigenvalue weighted by molar-refractivity contribution is 7.89. The Balaban J connectivity index is 1.85. The smallest absolute Gasteiger partial charge is 0.251 e. The molecular formula is C18H22N2O5S. The first-order valence-electron chi connectivity index (χ1n) is 7.97. The van der Waals surface area contributed by atoms with Crippen LogP contribution in [0.15, 0.2) is 47.4 Å². The van der Waals surface area contributed by atoms with Gasteiger partial charge in [0.05, 0.1) is 19.1 Å². The van der Waals surface area contributed by atoms with E-state index in [9.17, 15) is 13.2 Å². The minimum Gasteiger partial charge on any atom is -0.493 e. The molecule has 0 unspecified atom stereocenters. The van der Waals surface area contributed by atoms with Gasteiger partial charge in [-0.2, -0.15) is 0 Å². The van der Waals surface area contributed by atoms with Gasteiger partial charge in [0.1, 0.15) is 0 Å². The summed E-state index contributed by atoms with van der Waals surface area (Å²) in [6.45, 7) is 0.490. The zero-order valence-electron chi connectivity index (χ0n) is 14.7. The Hall–Kier alpha value is -2.58. The van der Waals surface area contributed by atoms with E-state index in [4.69, 9.17) is 14.6 Å². The molecule has 0 saturated carbocycles. The Morgan fingerprint density at radius 1 is 1.04 bits per heavy atom. The van der Waals surface area contributed by atoms with Crippen LogP contribution in [0.25, 0.3) is 0 Å². The van der Waals surface area contributed by atoms with Crippen LogP contribution in [0.2, 0.25) is 0 Å². The van der Waals surface area contributed by atoms with E-state index in [2.05, 4.69) is 5.32 Å². The molecule has 0 bridgehead atoms. The summed E-state index contributed by atoms with van der Waals surface area (Å²) < 4.78 is 32.8. The van der Waals surface area contributed by atoms with Gasteiger partial charge in [-0.25, -0.2) is 13.6 Å². The monoisotopic (exact) mass is 378 g/mol. The van der Waals surface area contributed by atoms with Gasteiger partial charge >= 0.3 is 0 Å². The molecule has 0 heterocycles. The van der Waals surface area contributed by atoms with E-state index < -0.39 is 10.0 Å². The number of sulfonamides is 1. The molecular weight excluding hydrogens is 356 g/mol. The molecule has 140 valence electrons. The van der Waals surface area contributed by atoms with Crippen LogP contribution in [0.1, 0.15) is 22.3 Å². The third-order valence-corrected chi connectivity index (χ3v) is 4.75. The topological polar surface area (TPSA) is 108 Å². The van der Waals surface area contributed by atoms with Crippen molar-refractivity contribution in [3.05, 3.63) is 53.6 Å². The maximum absolute atomic E-state index is 12.2. The number of carbonyl (C=O) groups is 1. The number of nitrogens with two attached hydrogens (primary N) is 1. The second kappa shape index (κ2) is 8.68. The number of rotatable bonds is 8. The fourth-order valence-corrected chi connectivity index (χ4v) is 2.94. The summed E-state index contributed by atoms with van der Waals surface area (Å²) in [5, 5.41) is 7.91. The number of nitrogens with one attached hydrogen (secondary N) is 1. The van der Waals surface area contributed by atoms with Gasteiger partial charge in [-0.15, -0.1) is 0 Å². The van der Waals surface area contributed by atoms with Gasteiger partial charge < -0.3 is 14.8 Å². The number of amides is 1. The summed E-state index contributed by atoms with van der Waals surface area (Å²) in [7, 11) is -0.624. The predicted molar refractivity (Wildman–Crippen MR) is 98.0 cm³/mol. The van der Waals surface area contributed by atoms with Crippen LogP contribution in [0.5, 0.6) is 11.5 Å². The van der Waals surface area contributed by atoms with Gasteiger partial charge in [-0.05, 0) is 48.7 Å². The normalized spacial score (nSPS) is 11.0. The molecule has 3 N–H and O–H groups in total. The van der Waals surface area contributed by atoms with Gasteiger partial charge in [0.25, 0.3) is 5.91 Å². The molecule has 2 aromatic carbocycles. The Morgan fingerprint density at radius 2 is 1.69 bits per heavy atom. The Morgan fingerprint density at radius 3 is 2.27 bits per heavy atom. The van der Waals surface area contributed by atoms with Crippen LogP contribution >= 0.6 is 0 Å². The van der Waals surface area contributed by atoms with Crippen LogP contribution in [-0.2, 0) is 16.4 Å². The first-order chi connectivity index (χ1) is 12.3. The number of benzene rings is 2. The number of primary sulfonamides is 1. The van der Waals surface area contributed by atoms with Gasteiger partial charge in [0.2, 0.25) is 10.0 Å². The SMILES string of the molecule is COc1ccc(C(=O)NCCCc2ccc(S(N)(=O)=O)cc2)cc1OC. The molecule has 7 nitrogen and oxygen atoms in total. The standard InChI is InChI=1S/C18H22N2O5S/c1-24-16-10-7-14(12-17(16)25-2)18(21)20-11-3-4-13-5-8-15(9-6-13)26(19,22)23/h5-10,12H,3-4,11H2,1-2H3,(H,20,21)(H2,19,22,23). The van der Waals surface area contributed by atoms with Crippen LogP contribution in [0.4, 0.5) is 0 Å². The first kappa shape index (κ1) is 19.7. The van der Waals surface area contributed by atoms with Crippen molar-refractivity contribution >= 4 is 15.9 Å². The second-order valence-electron chi connectivity index (χ2n) is 5.62. The average molecular weight is 378 g/mol. The maximum Gasteiger partial charge on any atom is 0.251 e. The number of hydrogen-bond donors (Lipinski definition) is 2. The molecule has 0 radical (unpaired) electrons. The van der Waals surface area contributed by atoms with Crippen LogP contribution < -0.4 is 19.9 Å². The van der Waals surface area contributed by atoms with E-state index in [0.717, 1.165) is 5.56 Å². The summed E-state index contributed by atoms with van der Waals surface area (Å²) in [6.07, 6.45) is 1.42. The molecule has 0 aliphatic rings. The second-order valence-corrected chi connectivity index (χ2v) is 7.18. The fourth-order valence-electron chi connectivity index (χ4n) is 2.42. The summed E-state index contributed by atoms with van der Waals surface area (Å²) in [5.41, 5.74) is 1.46. The number of ether oxygens (including phenoxy) is 2. The molecule has 8 heteroatoms. The predicted octanol–water partition coefficient (Wildman–Crippen LogP) is 1.71. The zero-order valence-corrected chi connectivity index (χ0v) is 15.5. The van der Waals surface area contributed by atoms with E-state index in [0.29, 0.717) is 36.4 Å². The minimum atomic E-state index is -3.67. The largest absolute Gasteiger partial charge is 0.493 e. The Bertz CT molecular complexity index is 864. The quantitative estimate of drug-likeness (QED) is 0.680. The molecule has 0 aromatic heterocycles. The van der Waals surface area contributed by atoms with Crippen molar-refractivity contribution in [1.82, 2.24) is 5.32 Å². The number of aryl methyl sites for hydroxylation is 1. The molecule has 0 fully saturated rings. The molecule has 2 aromatic rings. The Labute approximate surface area is 153 Å². The van der Waals surface area contributed by atoms with Crippen molar-refractivity contribution in [2.75, 3.05) is 20.8 Å². The third kappa shape index (κ3) is 5.21. The third-order valence-electron chi connectivity index (χ3n) is 3.83. The van der Waals surface area contributed by atoms with Gasteiger partial charge in [-0.3, -0.25) is 4.79 Å². The van der Waals surface area contributed by atoms with E-state index in [1.165, 1.54) is 26.4 Å². The lowest BCUT2D eigenvalue weighted by atomic mass is 10.1. The van der Waals surface area contributed by atoms with Crippen molar-refractivity contribution in [3.8, 4) is 11.5 Å². The lowest BCUT2D eigenvalue weighted by molar-refractivity contribution is 0.0953. The molecule has 26 heavy (non-hydrogen) atoms. The van der Waals surface area contributed by atoms with Gasteiger partial charge in [-0.1, -0.05) is 12.1 Å². The van der Waals surface area contributed by atoms with Crippen LogP contribution in [0, 0.1) is 0 Å². The van der Waals surface area contributed by atoms with E-state index in [1.54, 1.807) is 30.3 Å². The first-order valence-corrected chi connectivity index (χ1v) is 9.51. The van der Waals surface area contributed by atoms with Crippen molar-refractivity contribution in [1.29, 1.82) is 0 Å². The highest BCUT2D eigenvalue weighted by atomic mass is 32.2. The van der Waals surface area contributed by atoms with Crippen molar-refractivity contribution < 1.29 is 22.7 Å². The van der Waals surface area contributed by atoms with Crippen molar-refractivity contribution in [2.45, 2.75) is 17.7 Å². The highest BCUT2D eigenvalue weighted by Gasteiger charge is 2.10. The highest BCUT2D eigenvalue weighted by Crippen LogP contribution is 2.27. The Kier molecular flexibility index (Phi) is 6.59. The van der Waals surface area contributed by atoms with Crippen molar-refractivity contribution in [2.24, 2.45) is 5.14 Å². The molecule has 2 rings (SSSR count). The molecule has 1 amide bonds. The van der Waals surface area contributed by atoms with E-state index in [1.807, 2.05) is 0 Å². The molecule has 0 spiro atoms. The molecule has 0 atom stereocenters. The van der Waals surface area contributed by atoms with Crippen molar-refractivity contribution in [3.63, 3.8) is 0 Å². The average Bonchev–Trinajstić information content (AvgIpc) is 2.64. The van der Waals surface area contributed by atoms with Gasteiger partial charge in [0, 0.05) is 12.1 Å². The summed E-state index contributed by atoms with van der Waals surface area (Å²) >= 11 is 0. The molecule has 0 saturated heterocycles. The molecule has 0 aliphatic heterocycles. The van der Waals surface area contributed by atoms with E-state index >= 15 is 0 Å². The van der Waals surface area contributed by atoms with Gasteiger partial charge in [0.15, 0.2) is 11.5 Å². The molecule has 0 aliphatic carbocycles. The fraction of sp³-hybridized carbons (Fsp3) is 0.278.